The predicted molar refractivity (Wildman–Crippen MR) is 78.7 cm³/mol. The van der Waals surface area contributed by atoms with Gasteiger partial charge in [-0.15, -0.1) is 11.6 Å². The second-order valence-corrected chi connectivity index (χ2v) is 5.02. The summed E-state index contributed by atoms with van der Waals surface area (Å²) in [7, 11) is 0. The number of hydrogen-bond donors (Lipinski definition) is 2. The number of imide groups is 1. The summed E-state index contributed by atoms with van der Waals surface area (Å²) < 4.78 is 6.28. The summed E-state index contributed by atoms with van der Waals surface area (Å²) in [5, 5.41) is 4.96. The number of aromatic nitrogens is 1. The van der Waals surface area contributed by atoms with E-state index in [0.717, 1.165) is 16.0 Å². The summed E-state index contributed by atoms with van der Waals surface area (Å²) in [4.78, 5) is 26.7. The molecule has 20 heavy (non-hydrogen) atoms. The summed E-state index contributed by atoms with van der Waals surface area (Å²) in [6, 6.07) is 4.82. The smallest absolute Gasteiger partial charge is 0.327 e. The topological polar surface area (TPSA) is 80.3 Å². The SMILES string of the molecule is CCOc1ccc2nc(NC(=O)NC(=O)CCl)sc2c1. The number of nitrogens with zero attached hydrogens (tertiary/aromatic N) is 1. The molecule has 0 saturated heterocycles. The van der Waals surface area contributed by atoms with E-state index in [-0.39, 0.29) is 5.88 Å². The van der Waals surface area contributed by atoms with Gasteiger partial charge in [0, 0.05) is 0 Å². The van der Waals surface area contributed by atoms with E-state index in [0.29, 0.717) is 11.7 Å². The zero-order valence-electron chi connectivity index (χ0n) is 10.6. The Labute approximate surface area is 124 Å². The monoisotopic (exact) mass is 313 g/mol. The van der Waals surface area contributed by atoms with Crippen molar-refractivity contribution >= 4 is 50.2 Å². The van der Waals surface area contributed by atoms with Crippen LogP contribution >= 0.6 is 22.9 Å². The third kappa shape index (κ3) is 3.58. The van der Waals surface area contributed by atoms with Crippen LogP contribution in [-0.2, 0) is 4.79 Å². The first kappa shape index (κ1) is 14.5. The molecular weight excluding hydrogens is 302 g/mol. The molecule has 0 bridgehead atoms. The highest BCUT2D eigenvalue weighted by Gasteiger charge is 2.10. The number of amides is 3. The Morgan fingerprint density at radius 3 is 2.95 bits per heavy atom. The number of ether oxygens (including phenoxy) is 1. The number of urea groups is 1. The molecule has 0 aliphatic carbocycles. The molecule has 0 saturated carbocycles. The van der Waals surface area contributed by atoms with Crippen molar-refractivity contribution in [2.24, 2.45) is 0 Å². The van der Waals surface area contributed by atoms with Crippen molar-refractivity contribution in [3.05, 3.63) is 18.2 Å². The van der Waals surface area contributed by atoms with Gasteiger partial charge in [-0.3, -0.25) is 15.4 Å². The molecule has 3 amide bonds. The fourth-order valence-corrected chi connectivity index (χ4v) is 2.46. The van der Waals surface area contributed by atoms with Crippen molar-refractivity contribution in [3.63, 3.8) is 0 Å². The zero-order valence-corrected chi connectivity index (χ0v) is 12.2. The van der Waals surface area contributed by atoms with Gasteiger partial charge < -0.3 is 4.74 Å². The van der Waals surface area contributed by atoms with Gasteiger partial charge in [0.25, 0.3) is 0 Å². The highest BCUT2D eigenvalue weighted by Crippen LogP contribution is 2.29. The third-order valence-corrected chi connectivity index (χ3v) is 3.44. The molecule has 2 aromatic rings. The molecular formula is C12H12ClN3O3S. The maximum atomic E-state index is 11.5. The number of thiazole rings is 1. The molecule has 1 aromatic carbocycles. The fraction of sp³-hybridized carbons (Fsp3) is 0.250. The Hall–Kier alpha value is -1.86. The largest absolute Gasteiger partial charge is 0.494 e. The number of anilines is 1. The first-order chi connectivity index (χ1) is 9.62. The van der Waals surface area contributed by atoms with Crippen molar-refractivity contribution in [2.45, 2.75) is 6.92 Å². The number of fused-ring (bicyclic) bond motifs is 1. The summed E-state index contributed by atoms with van der Waals surface area (Å²) in [5.74, 6) is -0.0915. The Kier molecular flexibility index (Phi) is 4.75. The lowest BCUT2D eigenvalue weighted by atomic mass is 10.3. The van der Waals surface area contributed by atoms with Crippen molar-refractivity contribution in [3.8, 4) is 5.75 Å². The zero-order chi connectivity index (χ0) is 14.5. The minimum Gasteiger partial charge on any atom is -0.494 e. The van der Waals surface area contributed by atoms with Gasteiger partial charge in [0.05, 0.1) is 16.8 Å². The average Bonchev–Trinajstić information content (AvgIpc) is 2.80. The molecule has 1 aromatic heterocycles. The summed E-state index contributed by atoms with van der Waals surface area (Å²) >= 11 is 6.58. The van der Waals surface area contributed by atoms with E-state index in [2.05, 4.69) is 15.6 Å². The van der Waals surface area contributed by atoms with Crippen LogP contribution in [0.1, 0.15) is 6.92 Å². The van der Waals surface area contributed by atoms with Crippen LogP contribution in [0.5, 0.6) is 5.75 Å². The summed E-state index contributed by atoms with van der Waals surface area (Å²) in [6.07, 6.45) is 0. The van der Waals surface area contributed by atoms with E-state index in [4.69, 9.17) is 16.3 Å². The van der Waals surface area contributed by atoms with Crippen LogP contribution in [0.2, 0.25) is 0 Å². The number of benzene rings is 1. The average molecular weight is 314 g/mol. The molecule has 6 nitrogen and oxygen atoms in total. The second-order valence-electron chi connectivity index (χ2n) is 3.72. The highest BCUT2D eigenvalue weighted by molar-refractivity contribution is 7.22. The molecule has 0 unspecified atom stereocenters. The van der Waals surface area contributed by atoms with Crippen LogP contribution < -0.4 is 15.4 Å². The van der Waals surface area contributed by atoms with Gasteiger partial charge in [-0.2, -0.15) is 0 Å². The Morgan fingerprint density at radius 2 is 2.25 bits per heavy atom. The maximum absolute atomic E-state index is 11.5. The Balaban J connectivity index is 2.11. The molecule has 106 valence electrons. The van der Waals surface area contributed by atoms with E-state index in [1.54, 1.807) is 0 Å². The van der Waals surface area contributed by atoms with Crippen LogP contribution in [0, 0.1) is 0 Å². The second kappa shape index (κ2) is 6.53. The van der Waals surface area contributed by atoms with E-state index >= 15 is 0 Å². The van der Waals surface area contributed by atoms with Gasteiger partial charge in [0.2, 0.25) is 5.91 Å². The number of rotatable bonds is 4. The number of carbonyl (C=O) groups is 2. The lowest BCUT2D eigenvalue weighted by Crippen LogP contribution is -2.35. The minimum absolute atomic E-state index is 0.273. The lowest BCUT2D eigenvalue weighted by Gasteiger charge is -2.00. The molecule has 0 radical (unpaired) electrons. The van der Waals surface area contributed by atoms with Gasteiger partial charge in [-0.05, 0) is 25.1 Å². The Morgan fingerprint density at radius 1 is 1.45 bits per heavy atom. The van der Waals surface area contributed by atoms with Gasteiger partial charge in [-0.25, -0.2) is 9.78 Å². The minimum atomic E-state index is -0.653. The van der Waals surface area contributed by atoms with E-state index in [1.165, 1.54) is 11.3 Å². The van der Waals surface area contributed by atoms with Crippen LogP contribution in [0.25, 0.3) is 10.2 Å². The standard InChI is InChI=1S/C12H12ClN3O3S/c1-2-19-7-3-4-8-9(5-7)20-12(14-8)16-11(18)15-10(17)6-13/h3-5H,2,6H2,1H3,(H2,14,15,16,17,18). The van der Waals surface area contributed by atoms with Gasteiger partial charge in [-0.1, -0.05) is 11.3 Å². The summed E-state index contributed by atoms with van der Waals surface area (Å²) in [6.45, 7) is 2.49. The van der Waals surface area contributed by atoms with Gasteiger partial charge >= 0.3 is 6.03 Å². The molecule has 0 aliphatic heterocycles. The van der Waals surface area contributed by atoms with Gasteiger partial charge in [0.1, 0.15) is 11.6 Å². The third-order valence-electron chi connectivity index (χ3n) is 2.27. The molecule has 2 N–H and O–H groups in total. The molecule has 0 aliphatic rings. The Bertz CT molecular complexity index is 644. The molecule has 0 spiro atoms. The number of halogens is 1. The van der Waals surface area contributed by atoms with Crippen molar-refractivity contribution in [1.29, 1.82) is 0 Å². The van der Waals surface area contributed by atoms with E-state index in [1.807, 2.05) is 25.1 Å². The fourth-order valence-electron chi connectivity index (χ4n) is 1.50. The normalized spacial score (nSPS) is 10.3. The number of alkyl halides is 1. The number of hydrogen-bond acceptors (Lipinski definition) is 5. The van der Waals surface area contributed by atoms with Crippen LogP contribution in [-0.4, -0.2) is 29.4 Å². The van der Waals surface area contributed by atoms with Crippen molar-refractivity contribution in [1.82, 2.24) is 10.3 Å². The highest BCUT2D eigenvalue weighted by atomic mass is 35.5. The van der Waals surface area contributed by atoms with Crippen LogP contribution in [0.3, 0.4) is 0 Å². The van der Waals surface area contributed by atoms with Crippen molar-refractivity contribution < 1.29 is 14.3 Å². The molecule has 8 heteroatoms. The number of nitrogens with one attached hydrogen (secondary N) is 2. The first-order valence-electron chi connectivity index (χ1n) is 5.82. The predicted octanol–water partition coefficient (Wildman–Crippen LogP) is 2.58. The van der Waals surface area contributed by atoms with Crippen molar-refractivity contribution in [2.75, 3.05) is 17.8 Å². The first-order valence-corrected chi connectivity index (χ1v) is 7.17. The molecule has 0 fully saturated rings. The van der Waals surface area contributed by atoms with Gasteiger partial charge in [0.15, 0.2) is 5.13 Å². The van der Waals surface area contributed by atoms with E-state index in [9.17, 15) is 9.59 Å². The molecule has 2 rings (SSSR count). The van der Waals surface area contributed by atoms with E-state index < -0.39 is 11.9 Å². The molecule has 0 atom stereocenters. The molecule has 1 heterocycles. The summed E-state index contributed by atoms with van der Waals surface area (Å²) in [5.41, 5.74) is 0.748. The van der Waals surface area contributed by atoms with Crippen LogP contribution in [0.15, 0.2) is 18.2 Å². The quantitative estimate of drug-likeness (QED) is 0.850. The lowest BCUT2D eigenvalue weighted by molar-refractivity contribution is -0.117. The van der Waals surface area contributed by atoms with Crippen LogP contribution in [0.4, 0.5) is 9.93 Å². The number of carbonyl (C=O) groups excluding carboxylic acids is 2. The maximum Gasteiger partial charge on any atom is 0.327 e.